The third kappa shape index (κ3) is 2.61. The van der Waals surface area contributed by atoms with E-state index < -0.39 is 11.3 Å². The zero-order valence-corrected chi connectivity index (χ0v) is 14.9. The highest BCUT2D eigenvalue weighted by atomic mass is 16.2. The molecule has 1 saturated heterocycles. The van der Waals surface area contributed by atoms with Crippen molar-refractivity contribution in [3.63, 3.8) is 0 Å². The molecule has 1 aliphatic heterocycles. The first-order valence-electron chi connectivity index (χ1n) is 9.29. The van der Waals surface area contributed by atoms with E-state index in [0.29, 0.717) is 25.9 Å². The van der Waals surface area contributed by atoms with Gasteiger partial charge >= 0.3 is 0 Å². The number of amides is 2. The summed E-state index contributed by atoms with van der Waals surface area (Å²) in [5.74, 6) is -0.556. The fraction of sp³-hybridized carbons (Fsp3) is 0.364. The van der Waals surface area contributed by atoms with Gasteiger partial charge in [0.1, 0.15) is 5.41 Å². The minimum Gasteiger partial charge on any atom is -0.369 e. The summed E-state index contributed by atoms with van der Waals surface area (Å²) in [7, 11) is 0. The number of primary amides is 1. The molecule has 134 valence electrons. The molecular weight excluding hydrogens is 324 g/mol. The van der Waals surface area contributed by atoms with Gasteiger partial charge in [0.2, 0.25) is 11.8 Å². The summed E-state index contributed by atoms with van der Waals surface area (Å²) in [6.07, 6.45) is 3.06. The molecule has 4 heteroatoms. The average molecular weight is 348 g/mol. The summed E-state index contributed by atoms with van der Waals surface area (Å²) < 4.78 is 0. The second-order valence-corrected chi connectivity index (χ2v) is 7.59. The monoisotopic (exact) mass is 348 g/mol. The Morgan fingerprint density at radius 3 is 1.85 bits per heavy atom. The predicted octanol–water partition coefficient (Wildman–Crippen LogP) is 2.86. The highest BCUT2D eigenvalue weighted by molar-refractivity contribution is 6.07. The van der Waals surface area contributed by atoms with Gasteiger partial charge in [-0.25, -0.2) is 0 Å². The van der Waals surface area contributed by atoms with Gasteiger partial charge in [-0.15, -0.1) is 0 Å². The molecule has 0 spiro atoms. The fourth-order valence-corrected chi connectivity index (χ4v) is 4.37. The lowest BCUT2D eigenvalue weighted by molar-refractivity contribution is -0.144. The highest BCUT2D eigenvalue weighted by Crippen LogP contribution is 2.49. The molecule has 0 bridgehead atoms. The van der Waals surface area contributed by atoms with Gasteiger partial charge in [-0.1, -0.05) is 60.7 Å². The van der Waals surface area contributed by atoms with Crippen LogP contribution in [0.2, 0.25) is 0 Å². The van der Waals surface area contributed by atoms with Crippen molar-refractivity contribution in [1.29, 1.82) is 0 Å². The van der Waals surface area contributed by atoms with Crippen molar-refractivity contribution in [2.45, 2.75) is 31.1 Å². The standard InChI is InChI=1S/C22H24N2O2/c23-19(25)21(13-14-21)20(26)24-15-7-12-22(16-24,17-8-3-1-4-9-17)18-10-5-2-6-11-18/h1-6,8-11H,7,12-16H2,(H2,23,25). The number of nitrogens with zero attached hydrogens (tertiary/aromatic N) is 1. The van der Waals surface area contributed by atoms with Crippen LogP contribution < -0.4 is 5.73 Å². The van der Waals surface area contributed by atoms with Gasteiger partial charge in [-0.05, 0) is 36.8 Å². The second kappa shape index (κ2) is 6.27. The molecule has 1 aliphatic carbocycles. The van der Waals surface area contributed by atoms with Crippen LogP contribution in [0.1, 0.15) is 36.8 Å². The van der Waals surface area contributed by atoms with E-state index in [1.807, 2.05) is 41.3 Å². The first-order valence-corrected chi connectivity index (χ1v) is 9.29. The summed E-state index contributed by atoms with van der Waals surface area (Å²) in [4.78, 5) is 26.8. The van der Waals surface area contributed by atoms with Gasteiger partial charge in [0.15, 0.2) is 0 Å². The Morgan fingerprint density at radius 2 is 1.38 bits per heavy atom. The highest BCUT2D eigenvalue weighted by Gasteiger charge is 2.58. The van der Waals surface area contributed by atoms with Crippen molar-refractivity contribution in [1.82, 2.24) is 4.90 Å². The Hall–Kier alpha value is -2.62. The minimum atomic E-state index is -0.948. The zero-order valence-electron chi connectivity index (χ0n) is 14.9. The van der Waals surface area contributed by atoms with E-state index in [2.05, 4.69) is 24.3 Å². The number of nitrogens with two attached hydrogens (primary N) is 1. The molecule has 2 aromatic rings. The Kier molecular flexibility index (Phi) is 4.06. The summed E-state index contributed by atoms with van der Waals surface area (Å²) in [5, 5.41) is 0. The Balaban J connectivity index is 1.73. The predicted molar refractivity (Wildman–Crippen MR) is 100 cm³/mol. The van der Waals surface area contributed by atoms with Gasteiger partial charge < -0.3 is 10.6 Å². The van der Waals surface area contributed by atoms with E-state index >= 15 is 0 Å². The summed E-state index contributed by atoms with van der Waals surface area (Å²) >= 11 is 0. The normalized spacial score (nSPS) is 20.4. The molecule has 1 heterocycles. The number of rotatable bonds is 4. The molecule has 2 amide bonds. The SMILES string of the molecule is NC(=O)C1(C(=O)N2CCCC(c3ccccc3)(c3ccccc3)C2)CC1. The summed E-state index contributed by atoms with van der Waals surface area (Å²) in [6.45, 7) is 1.28. The molecule has 4 rings (SSSR count). The van der Waals surface area contributed by atoms with Crippen molar-refractivity contribution in [3.05, 3.63) is 71.8 Å². The molecule has 2 aliphatic rings. The third-order valence-corrected chi connectivity index (χ3v) is 6.06. The summed E-state index contributed by atoms with van der Waals surface area (Å²) in [6, 6.07) is 20.8. The molecule has 26 heavy (non-hydrogen) atoms. The number of benzene rings is 2. The average Bonchev–Trinajstić information content (AvgIpc) is 3.51. The lowest BCUT2D eigenvalue weighted by atomic mass is 9.69. The van der Waals surface area contributed by atoms with Crippen LogP contribution in [-0.2, 0) is 15.0 Å². The minimum absolute atomic E-state index is 0.0825. The molecule has 2 fully saturated rings. The Bertz CT molecular complexity index is 773. The van der Waals surface area contributed by atoms with Crippen molar-refractivity contribution < 1.29 is 9.59 Å². The maximum absolute atomic E-state index is 13.1. The van der Waals surface area contributed by atoms with Crippen LogP contribution in [0.3, 0.4) is 0 Å². The van der Waals surface area contributed by atoms with Gasteiger partial charge in [0.25, 0.3) is 0 Å². The molecule has 2 aromatic carbocycles. The van der Waals surface area contributed by atoms with Crippen molar-refractivity contribution in [3.8, 4) is 0 Å². The van der Waals surface area contributed by atoms with E-state index in [0.717, 1.165) is 12.8 Å². The van der Waals surface area contributed by atoms with Gasteiger partial charge in [-0.3, -0.25) is 9.59 Å². The van der Waals surface area contributed by atoms with Crippen molar-refractivity contribution >= 4 is 11.8 Å². The smallest absolute Gasteiger partial charge is 0.238 e. The first-order chi connectivity index (χ1) is 12.6. The van der Waals surface area contributed by atoms with E-state index in [9.17, 15) is 9.59 Å². The number of piperidine rings is 1. The van der Waals surface area contributed by atoms with Crippen LogP contribution in [0, 0.1) is 5.41 Å². The topological polar surface area (TPSA) is 63.4 Å². The Morgan fingerprint density at radius 1 is 0.846 bits per heavy atom. The van der Waals surface area contributed by atoms with E-state index in [4.69, 9.17) is 5.73 Å². The van der Waals surface area contributed by atoms with Crippen LogP contribution in [0.15, 0.2) is 60.7 Å². The second-order valence-electron chi connectivity index (χ2n) is 7.59. The molecular formula is C22H24N2O2. The van der Waals surface area contributed by atoms with Crippen LogP contribution in [0.25, 0.3) is 0 Å². The van der Waals surface area contributed by atoms with Crippen LogP contribution in [0.5, 0.6) is 0 Å². The van der Waals surface area contributed by atoms with Crippen LogP contribution >= 0.6 is 0 Å². The van der Waals surface area contributed by atoms with Crippen LogP contribution in [-0.4, -0.2) is 29.8 Å². The van der Waals surface area contributed by atoms with Crippen molar-refractivity contribution in [2.75, 3.05) is 13.1 Å². The fourth-order valence-electron chi connectivity index (χ4n) is 4.37. The number of carbonyl (C=O) groups is 2. The number of likely N-dealkylation sites (tertiary alicyclic amines) is 1. The largest absolute Gasteiger partial charge is 0.369 e. The van der Waals surface area contributed by atoms with Gasteiger partial charge in [0.05, 0.1) is 0 Å². The first kappa shape index (κ1) is 16.8. The van der Waals surface area contributed by atoms with Crippen LogP contribution in [0.4, 0.5) is 0 Å². The maximum atomic E-state index is 13.1. The number of hydrogen-bond acceptors (Lipinski definition) is 2. The quantitative estimate of drug-likeness (QED) is 0.864. The molecule has 4 nitrogen and oxygen atoms in total. The summed E-state index contributed by atoms with van der Waals surface area (Å²) in [5.41, 5.74) is 6.78. The zero-order chi connectivity index (χ0) is 18.2. The van der Waals surface area contributed by atoms with E-state index in [1.54, 1.807) is 0 Å². The number of carbonyl (C=O) groups excluding carboxylic acids is 2. The number of hydrogen-bond donors (Lipinski definition) is 1. The Labute approximate surface area is 154 Å². The lowest BCUT2D eigenvalue weighted by Gasteiger charge is -2.44. The maximum Gasteiger partial charge on any atom is 0.238 e. The van der Waals surface area contributed by atoms with Gasteiger partial charge in [-0.2, -0.15) is 0 Å². The molecule has 2 N–H and O–H groups in total. The third-order valence-electron chi connectivity index (χ3n) is 6.06. The van der Waals surface area contributed by atoms with E-state index in [-0.39, 0.29) is 11.3 Å². The van der Waals surface area contributed by atoms with E-state index in [1.165, 1.54) is 11.1 Å². The van der Waals surface area contributed by atoms with Crippen molar-refractivity contribution in [2.24, 2.45) is 11.1 Å². The molecule has 0 radical (unpaired) electrons. The lowest BCUT2D eigenvalue weighted by Crippen LogP contribution is -2.53. The molecule has 0 unspecified atom stereocenters. The molecule has 0 atom stereocenters. The van der Waals surface area contributed by atoms with Gasteiger partial charge in [0, 0.05) is 18.5 Å². The molecule has 1 saturated carbocycles. The molecule has 0 aromatic heterocycles.